The Morgan fingerprint density at radius 2 is 1.83 bits per heavy atom. The molecule has 1 aromatic rings. The normalized spacial score (nSPS) is 20.5. The van der Waals surface area contributed by atoms with Crippen molar-refractivity contribution in [3.05, 3.63) is 34.9 Å². The third-order valence-corrected chi connectivity index (χ3v) is 4.51. The molecule has 1 fully saturated rings. The average Bonchev–Trinajstić information content (AvgIpc) is 2.51. The van der Waals surface area contributed by atoms with Crippen LogP contribution in [-0.4, -0.2) is 46.9 Å². The number of carbonyl (C=O) groups excluding carboxylic acids is 2. The number of likely N-dealkylation sites (tertiary alicyclic amines) is 1. The van der Waals surface area contributed by atoms with Gasteiger partial charge in [-0.05, 0) is 45.7 Å². The van der Waals surface area contributed by atoms with Crippen LogP contribution in [0.5, 0.6) is 0 Å². The first kappa shape index (κ1) is 18.0. The van der Waals surface area contributed by atoms with E-state index in [1.807, 2.05) is 19.9 Å². The van der Waals surface area contributed by atoms with Crippen LogP contribution in [0.25, 0.3) is 0 Å². The lowest BCUT2D eigenvalue weighted by molar-refractivity contribution is -0.148. The molecule has 0 saturated carbocycles. The van der Waals surface area contributed by atoms with E-state index in [0.717, 1.165) is 11.1 Å². The van der Waals surface area contributed by atoms with Gasteiger partial charge in [-0.15, -0.1) is 0 Å². The standard InChI is InChI=1S/C18H24N2O4/c1-11-7-12(2)9-14(8-11)17(22)19-10-16(21)20-6-4-5-15(13(20)3)18(23)24/h7-9,13,15H,4-6,10H2,1-3H3,(H,19,22)(H,23,24)/t13-,15-/m1/s1. The number of amides is 2. The van der Waals surface area contributed by atoms with Gasteiger partial charge in [0.1, 0.15) is 0 Å². The van der Waals surface area contributed by atoms with Gasteiger partial charge in [-0.25, -0.2) is 0 Å². The van der Waals surface area contributed by atoms with E-state index in [1.165, 1.54) is 0 Å². The Morgan fingerprint density at radius 3 is 2.42 bits per heavy atom. The predicted molar refractivity (Wildman–Crippen MR) is 89.8 cm³/mol. The zero-order valence-electron chi connectivity index (χ0n) is 14.3. The van der Waals surface area contributed by atoms with E-state index in [2.05, 4.69) is 5.32 Å². The Hall–Kier alpha value is -2.37. The maximum absolute atomic E-state index is 12.4. The number of carbonyl (C=O) groups is 3. The Morgan fingerprint density at radius 1 is 1.21 bits per heavy atom. The molecule has 130 valence electrons. The van der Waals surface area contributed by atoms with E-state index < -0.39 is 11.9 Å². The molecule has 1 aliphatic heterocycles. The quantitative estimate of drug-likeness (QED) is 0.879. The largest absolute Gasteiger partial charge is 0.481 e. The van der Waals surface area contributed by atoms with Crippen LogP contribution in [0.3, 0.4) is 0 Å². The maximum atomic E-state index is 12.4. The van der Waals surface area contributed by atoms with Crippen LogP contribution in [0.4, 0.5) is 0 Å². The van der Waals surface area contributed by atoms with Crippen LogP contribution < -0.4 is 5.32 Å². The molecule has 2 N–H and O–H groups in total. The first-order valence-corrected chi connectivity index (χ1v) is 8.18. The summed E-state index contributed by atoms with van der Waals surface area (Å²) >= 11 is 0. The van der Waals surface area contributed by atoms with Crippen molar-refractivity contribution in [1.82, 2.24) is 10.2 Å². The predicted octanol–water partition coefficient (Wildman–Crippen LogP) is 1.74. The molecule has 6 nitrogen and oxygen atoms in total. The highest BCUT2D eigenvalue weighted by Gasteiger charge is 2.35. The van der Waals surface area contributed by atoms with E-state index in [0.29, 0.717) is 24.9 Å². The van der Waals surface area contributed by atoms with Crippen LogP contribution in [0, 0.1) is 19.8 Å². The van der Waals surface area contributed by atoms with E-state index >= 15 is 0 Å². The molecule has 0 aliphatic carbocycles. The third-order valence-electron chi connectivity index (χ3n) is 4.51. The molecule has 0 radical (unpaired) electrons. The summed E-state index contributed by atoms with van der Waals surface area (Å²) in [5, 5.41) is 11.9. The summed E-state index contributed by atoms with van der Waals surface area (Å²) < 4.78 is 0. The van der Waals surface area contributed by atoms with Crippen molar-refractivity contribution in [2.45, 2.75) is 39.7 Å². The van der Waals surface area contributed by atoms with Crippen LogP contribution >= 0.6 is 0 Å². The summed E-state index contributed by atoms with van der Waals surface area (Å²) in [5.74, 6) is -1.96. The van der Waals surface area contributed by atoms with Gasteiger partial charge in [0, 0.05) is 18.2 Å². The van der Waals surface area contributed by atoms with E-state index in [4.69, 9.17) is 0 Å². The number of hydrogen-bond acceptors (Lipinski definition) is 3. The molecule has 24 heavy (non-hydrogen) atoms. The molecule has 2 rings (SSSR count). The average molecular weight is 332 g/mol. The number of nitrogens with zero attached hydrogens (tertiary/aromatic N) is 1. The zero-order chi connectivity index (χ0) is 17.9. The zero-order valence-corrected chi connectivity index (χ0v) is 14.3. The molecule has 0 bridgehead atoms. The van der Waals surface area contributed by atoms with Gasteiger partial charge in [-0.3, -0.25) is 14.4 Å². The van der Waals surface area contributed by atoms with E-state index in [9.17, 15) is 19.5 Å². The molecular formula is C18H24N2O4. The molecular weight excluding hydrogens is 308 g/mol. The van der Waals surface area contributed by atoms with E-state index in [1.54, 1.807) is 24.0 Å². The fourth-order valence-corrected chi connectivity index (χ4v) is 3.29. The lowest BCUT2D eigenvalue weighted by Crippen LogP contribution is -2.51. The number of nitrogens with one attached hydrogen (secondary N) is 1. The second-order valence-corrected chi connectivity index (χ2v) is 6.47. The van der Waals surface area contributed by atoms with Gasteiger partial charge in [0.2, 0.25) is 5.91 Å². The molecule has 0 spiro atoms. The summed E-state index contributed by atoms with van der Waals surface area (Å²) in [6.45, 7) is 5.99. The van der Waals surface area contributed by atoms with Gasteiger partial charge >= 0.3 is 5.97 Å². The SMILES string of the molecule is Cc1cc(C)cc(C(=O)NCC(=O)N2CCC[C@@H](C(=O)O)[C@H]2C)c1. The number of carboxylic acid groups (broad SMARTS) is 1. The summed E-state index contributed by atoms with van der Waals surface area (Å²) in [7, 11) is 0. The Balaban J connectivity index is 1.97. The monoisotopic (exact) mass is 332 g/mol. The molecule has 2 amide bonds. The molecule has 6 heteroatoms. The number of rotatable bonds is 4. The number of piperidine rings is 1. The molecule has 0 unspecified atom stereocenters. The molecule has 1 aliphatic rings. The first-order chi connectivity index (χ1) is 11.3. The lowest BCUT2D eigenvalue weighted by Gasteiger charge is -2.37. The second-order valence-electron chi connectivity index (χ2n) is 6.47. The van der Waals surface area contributed by atoms with Gasteiger partial charge in [0.15, 0.2) is 0 Å². The minimum atomic E-state index is -0.876. The highest BCUT2D eigenvalue weighted by Crippen LogP contribution is 2.23. The number of carboxylic acids is 1. The topological polar surface area (TPSA) is 86.7 Å². The van der Waals surface area contributed by atoms with Crippen molar-refractivity contribution < 1.29 is 19.5 Å². The van der Waals surface area contributed by atoms with E-state index in [-0.39, 0.29) is 24.4 Å². The first-order valence-electron chi connectivity index (χ1n) is 8.18. The second kappa shape index (κ2) is 7.47. The van der Waals surface area contributed by atoms with Gasteiger partial charge in [-0.2, -0.15) is 0 Å². The van der Waals surface area contributed by atoms with Crippen molar-refractivity contribution in [1.29, 1.82) is 0 Å². The minimum Gasteiger partial charge on any atom is -0.481 e. The van der Waals surface area contributed by atoms with Crippen LogP contribution in [-0.2, 0) is 9.59 Å². The van der Waals surface area contributed by atoms with Crippen molar-refractivity contribution in [3.63, 3.8) is 0 Å². The molecule has 1 saturated heterocycles. The summed E-state index contributed by atoms with van der Waals surface area (Å²) in [6, 6.07) is 5.17. The third kappa shape index (κ3) is 4.13. The highest BCUT2D eigenvalue weighted by atomic mass is 16.4. The van der Waals surface area contributed by atoms with Gasteiger partial charge in [-0.1, -0.05) is 17.2 Å². The maximum Gasteiger partial charge on any atom is 0.308 e. The molecule has 1 aromatic carbocycles. The Kier molecular flexibility index (Phi) is 5.59. The number of benzene rings is 1. The van der Waals surface area contributed by atoms with Crippen molar-refractivity contribution >= 4 is 17.8 Å². The summed E-state index contributed by atoms with van der Waals surface area (Å²) in [4.78, 5) is 37.4. The van der Waals surface area contributed by atoms with Crippen molar-refractivity contribution in [2.24, 2.45) is 5.92 Å². The highest BCUT2D eigenvalue weighted by molar-refractivity contribution is 5.96. The number of hydrogen-bond donors (Lipinski definition) is 2. The molecule has 2 atom stereocenters. The fourth-order valence-electron chi connectivity index (χ4n) is 3.29. The van der Waals surface area contributed by atoms with Crippen molar-refractivity contribution in [2.75, 3.05) is 13.1 Å². The number of aryl methyl sites for hydroxylation is 2. The van der Waals surface area contributed by atoms with Crippen LogP contribution in [0.1, 0.15) is 41.3 Å². The molecule has 1 heterocycles. The van der Waals surface area contributed by atoms with Gasteiger partial charge < -0.3 is 15.3 Å². The molecule has 0 aromatic heterocycles. The number of aliphatic carboxylic acids is 1. The smallest absolute Gasteiger partial charge is 0.308 e. The van der Waals surface area contributed by atoms with Crippen LogP contribution in [0.15, 0.2) is 18.2 Å². The lowest BCUT2D eigenvalue weighted by atomic mass is 9.90. The van der Waals surface area contributed by atoms with Crippen LogP contribution in [0.2, 0.25) is 0 Å². The summed E-state index contributed by atoms with van der Waals surface area (Å²) in [6.07, 6.45) is 1.24. The summed E-state index contributed by atoms with van der Waals surface area (Å²) in [5.41, 5.74) is 2.50. The minimum absolute atomic E-state index is 0.123. The van der Waals surface area contributed by atoms with Crippen molar-refractivity contribution in [3.8, 4) is 0 Å². The fraction of sp³-hybridized carbons (Fsp3) is 0.500. The Bertz CT molecular complexity index is 636. The Labute approximate surface area is 141 Å². The van der Waals surface area contributed by atoms with Gasteiger partial charge in [0.25, 0.3) is 5.91 Å². The van der Waals surface area contributed by atoms with Gasteiger partial charge in [0.05, 0.1) is 12.5 Å².